The van der Waals surface area contributed by atoms with Crippen LogP contribution in [0.3, 0.4) is 0 Å². The van der Waals surface area contributed by atoms with Gasteiger partial charge in [0, 0.05) is 12.8 Å². The minimum atomic E-state index is -1.56. The molecule has 1 aromatic carbocycles. The second-order valence-electron chi connectivity index (χ2n) is 5.66. The SMILES string of the molecule is C[C@](N)(Cc1ccc(O)c(O)c1)C(=O)OC(=O)CCC(N)C(=O)O. The molecule has 0 bridgehead atoms. The number of rotatable bonds is 7. The summed E-state index contributed by atoms with van der Waals surface area (Å²) in [6.07, 6.45) is -0.564. The van der Waals surface area contributed by atoms with Gasteiger partial charge >= 0.3 is 17.9 Å². The molecular weight excluding hydrogens is 320 g/mol. The minimum Gasteiger partial charge on any atom is -0.504 e. The van der Waals surface area contributed by atoms with Crippen molar-refractivity contribution in [2.24, 2.45) is 11.5 Å². The van der Waals surface area contributed by atoms with Gasteiger partial charge < -0.3 is 31.5 Å². The van der Waals surface area contributed by atoms with E-state index in [0.717, 1.165) is 0 Å². The maximum Gasteiger partial charge on any atom is 0.333 e. The van der Waals surface area contributed by atoms with E-state index < -0.39 is 29.5 Å². The van der Waals surface area contributed by atoms with Crippen LogP contribution in [0.25, 0.3) is 0 Å². The lowest BCUT2D eigenvalue weighted by atomic mass is 9.94. The highest BCUT2D eigenvalue weighted by atomic mass is 16.6. The van der Waals surface area contributed by atoms with Crippen molar-refractivity contribution in [2.45, 2.75) is 37.8 Å². The Morgan fingerprint density at radius 1 is 1.25 bits per heavy atom. The van der Waals surface area contributed by atoms with Gasteiger partial charge in [0.2, 0.25) is 0 Å². The number of phenols is 2. The summed E-state index contributed by atoms with van der Waals surface area (Å²) in [6, 6.07) is 2.71. The topological polar surface area (TPSA) is 173 Å². The number of benzene rings is 1. The fourth-order valence-electron chi connectivity index (χ4n) is 1.84. The average Bonchev–Trinajstić information content (AvgIpc) is 2.48. The van der Waals surface area contributed by atoms with Crippen molar-refractivity contribution in [3.63, 3.8) is 0 Å². The molecule has 0 spiro atoms. The Bertz CT molecular complexity index is 643. The number of hydrogen-bond donors (Lipinski definition) is 5. The maximum absolute atomic E-state index is 12.0. The molecule has 0 aromatic heterocycles. The first-order valence-corrected chi connectivity index (χ1v) is 7.06. The van der Waals surface area contributed by atoms with Crippen molar-refractivity contribution in [1.82, 2.24) is 0 Å². The van der Waals surface area contributed by atoms with E-state index in [9.17, 15) is 24.6 Å². The molecule has 0 saturated heterocycles. The number of carboxylic acids is 1. The molecule has 0 aliphatic heterocycles. The molecule has 132 valence electrons. The molecule has 0 radical (unpaired) electrons. The predicted molar refractivity (Wildman–Crippen MR) is 82.0 cm³/mol. The Kier molecular flexibility index (Phi) is 6.27. The van der Waals surface area contributed by atoms with Gasteiger partial charge in [-0.2, -0.15) is 0 Å². The molecule has 1 aromatic rings. The molecule has 9 nitrogen and oxygen atoms in total. The van der Waals surface area contributed by atoms with E-state index in [4.69, 9.17) is 16.6 Å². The summed E-state index contributed by atoms with van der Waals surface area (Å²) in [7, 11) is 0. The third kappa shape index (κ3) is 5.52. The van der Waals surface area contributed by atoms with Gasteiger partial charge in [-0.1, -0.05) is 6.07 Å². The van der Waals surface area contributed by atoms with Crippen LogP contribution in [0.15, 0.2) is 18.2 Å². The lowest BCUT2D eigenvalue weighted by Crippen LogP contribution is -2.48. The third-order valence-corrected chi connectivity index (χ3v) is 3.26. The number of nitrogens with two attached hydrogens (primary N) is 2. The highest BCUT2D eigenvalue weighted by Gasteiger charge is 2.32. The van der Waals surface area contributed by atoms with Crippen LogP contribution in [0.5, 0.6) is 11.5 Å². The van der Waals surface area contributed by atoms with Crippen LogP contribution in [0.2, 0.25) is 0 Å². The van der Waals surface area contributed by atoms with Crippen molar-refractivity contribution >= 4 is 17.9 Å². The molecule has 24 heavy (non-hydrogen) atoms. The quantitative estimate of drug-likeness (QED) is 0.252. The molecule has 0 aliphatic carbocycles. The zero-order valence-electron chi connectivity index (χ0n) is 13.1. The second-order valence-corrected chi connectivity index (χ2v) is 5.66. The Hall–Kier alpha value is -2.65. The van der Waals surface area contributed by atoms with E-state index in [2.05, 4.69) is 4.74 Å². The Labute approximate surface area is 137 Å². The van der Waals surface area contributed by atoms with Crippen LogP contribution in [-0.2, 0) is 25.5 Å². The first-order valence-electron chi connectivity index (χ1n) is 7.06. The van der Waals surface area contributed by atoms with Gasteiger partial charge in [0.15, 0.2) is 11.5 Å². The molecule has 1 unspecified atom stereocenters. The van der Waals surface area contributed by atoms with Crippen molar-refractivity contribution in [1.29, 1.82) is 0 Å². The van der Waals surface area contributed by atoms with E-state index in [0.29, 0.717) is 5.56 Å². The number of carboxylic acid groups (broad SMARTS) is 1. The lowest BCUT2D eigenvalue weighted by molar-refractivity contribution is -0.163. The number of esters is 2. The molecule has 0 fully saturated rings. The molecule has 0 heterocycles. The van der Waals surface area contributed by atoms with Crippen LogP contribution >= 0.6 is 0 Å². The summed E-state index contributed by atoms with van der Waals surface area (Å²) >= 11 is 0. The van der Waals surface area contributed by atoms with Crippen LogP contribution in [0, 0.1) is 0 Å². The fraction of sp³-hybridized carbons (Fsp3) is 0.400. The smallest absolute Gasteiger partial charge is 0.333 e. The van der Waals surface area contributed by atoms with E-state index in [-0.39, 0.29) is 30.8 Å². The van der Waals surface area contributed by atoms with Crippen LogP contribution < -0.4 is 11.5 Å². The van der Waals surface area contributed by atoms with Gasteiger partial charge in [0.05, 0.1) is 0 Å². The summed E-state index contributed by atoms with van der Waals surface area (Å²) in [5.74, 6) is -3.86. The van der Waals surface area contributed by atoms with E-state index in [1.54, 1.807) is 0 Å². The highest BCUT2D eigenvalue weighted by molar-refractivity contribution is 5.91. The average molecular weight is 340 g/mol. The van der Waals surface area contributed by atoms with Crippen LogP contribution in [0.1, 0.15) is 25.3 Å². The molecule has 2 atom stereocenters. The number of carbonyl (C=O) groups excluding carboxylic acids is 2. The molecule has 7 N–H and O–H groups in total. The van der Waals surface area contributed by atoms with Gasteiger partial charge in [-0.05, 0) is 31.0 Å². The second kappa shape index (κ2) is 7.75. The summed E-state index contributed by atoms with van der Waals surface area (Å²) < 4.78 is 4.61. The number of phenolic OH excluding ortho intramolecular Hbond substituents is 2. The maximum atomic E-state index is 12.0. The van der Waals surface area contributed by atoms with Crippen molar-refractivity contribution in [2.75, 3.05) is 0 Å². The molecule has 0 saturated carbocycles. The Balaban J connectivity index is 2.62. The number of aliphatic carboxylic acids is 1. The normalized spacial score (nSPS) is 14.5. The summed E-state index contributed by atoms with van der Waals surface area (Å²) in [5.41, 5.74) is 9.98. The lowest BCUT2D eigenvalue weighted by Gasteiger charge is -2.22. The predicted octanol–water partition coefficient (Wildman–Crippen LogP) is -0.380. The Morgan fingerprint density at radius 2 is 1.88 bits per heavy atom. The molecule has 9 heteroatoms. The minimum absolute atomic E-state index is 0.0540. The summed E-state index contributed by atoms with van der Waals surface area (Å²) in [6.45, 7) is 1.34. The van der Waals surface area contributed by atoms with E-state index in [1.807, 2.05) is 0 Å². The summed E-state index contributed by atoms with van der Waals surface area (Å²) in [5, 5.41) is 27.3. The van der Waals surface area contributed by atoms with Gasteiger partial charge in [0.1, 0.15) is 11.6 Å². The monoisotopic (exact) mass is 340 g/mol. The number of hydrogen-bond acceptors (Lipinski definition) is 8. The van der Waals surface area contributed by atoms with Crippen molar-refractivity contribution in [3.05, 3.63) is 23.8 Å². The van der Waals surface area contributed by atoms with Gasteiger partial charge in [-0.15, -0.1) is 0 Å². The Morgan fingerprint density at radius 3 is 2.42 bits per heavy atom. The van der Waals surface area contributed by atoms with Gasteiger partial charge in [-0.25, -0.2) is 4.79 Å². The largest absolute Gasteiger partial charge is 0.504 e. The molecular formula is C15H20N2O7. The molecule has 1 rings (SSSR count). The van der Waals surface area contributed by atoms with Crippen LogP contribution in [0.4, 0.5) is 0 Å². The van der Waals surface area contributed by atoms with Crippen LogP contribution in [-0.4, -0.2) is 44.8 Å². The zero-order valence-corrected chi connectivity index (χ0v) is 13.1. The first-order chi connectivity index (χ1) is 11.0. The molecule has 0 amide bonds. The van der Waals surface area contributed by atoms with Crippen molar-refractivity contribution < 1.29 is 34.4 Å². The fourth-order valence-corrected chi connectivity index (χ4v) is 1.84. The number of ether oxygens (including phenoxy) is 1. The first kappa shape index (κ1) is 19.4. The van der Waals surface area contributed by atoms with Crippen molar-refractivity contribution in [3.8, 4) is 11.5 Å². The molecule has 0 aliphatic rings. The van der Waals surface area contributed by atoms with E-state index in [1.165, 1.54) is 25.1 Å². The number of aromatic hydroxyl groups is 2. The standard InChI is InChI=1S/C15H20N2O7/c1-15(17,7-8-2-4-10(18)11(19)6-8)14(23)24-12(20)5-3-9(16)13(21)22/h2,4,6,9,18-19H,3,5,7,16-17H2,1H3,(H,21,22)/t9?,15-/m0/s1. The zero-order chi connectivity index (χ0) is 18.5. The van der Waals surface area contributed by atoms with Gasteiger partial charge in [0.25, 0.3) is 0 Å². The number of carbonyl (C=O) groups is 3. The summed E-state index contributed by atoms with van der Waals surface area (Å²) in [4.78, 5) is 34.1. The van der Waals surface area contributed by atoms with Gasteiger partial charge in [-0.3, -0.25) is 9.59 Å². The third-order valence-electron chi connectivity index (χ3n) is 3.26. The van der Waals surface area contributed by atoms with E-state index >= 15 is 0 Å². The highest BCUT2D eigenvalue weighted by Crippen LogP contribution is 2.26.